The standard InChI is InChI=1S/C20H32N3/c1-3-23(4-2,17-19-11-7-5-8-12-19)16-15-21-18-22-20-13-9-6-10-14-20/h5,7-8,11-12,20H,3-4,6,9-10,13-17H2,1-2H3/q+1. The lowest BCUT2D eigenvalue weighted by molar-refractivity contribution is -0.936. The van der Waals surface area contributed by atoms with Crippen LogP contribution in [0.5, 0.6) is 0 Å². The Morgan fingerprint density at radius 3 is 2.39 bits per heavy atom. The lowest BCUT2D eigenvalue weighted by atomic mass is 9.96. The second kappa shape index (κ2) is 9.64. The number of nitrogens with zero attached hydrogens (tertiary/aromatic N) is 3. The second-order valence-corrected chi connectivity index (χ2v) is 6.74. The average Bonchev–Trinajstić information content (AvgIpc) is 2.62. The maximum atomic E-state index is 4.51. The normalized spacial score (nSPS) is 15.9. The van der Waals surface area contributed by atoms with Crippen molar-refractivity contribution >= 4 is 6.01 Å². The van der Waals surface area contributed by atoms with Crippen LogP contribution < -0.4 is 0 Å². The number of aliphatic imine (C=N–C) groups is 2. The predicted molar refractivity (Wildman–Crippen MR) is 98.0 cm³/mol. The summed E-state index contributed by atoms with van der Waals surface area (Å²) in [6, 6.07) is 14.3. The van der Waals surface area contributed by atoms with Gasteiger partial charge in [0, 0.05) is 5.56 Å². The number of benzene rings is 1. The third-order valence-electron chi connectivity index (χ3n) is 5.27. The smallest absolute Gasteiger partial charge is 0.104 e. The van der Waals surface area contributed by atoms with Crippen LogP contribution in [0.4, 0.5) is 0 Å². The zero-order valence-electron chi connectivity index (χ0n) is 14.9. The van der Waals surface area contributed by atoms with Crippen molar-refractivity contribution in [1.29, 1.82) is 0 Å². The molecule has 1 aromatic rings. The summed E-state index contributed by atoms with van der Waals surface area (Å²) in [5.41, 5.74) is 1.41. The minimum Gasteiger partial charge on any atom is -0.319 e. The Balaban J connectivity index is 1.87. The van der Waals surface area contributed by atoms with Gasteiger partial charge in [-0.1, -0.05) is 49.6 Å². The highest BCUT2D eigenvalue weighted by atomic mass is 15.3. The molecule has 1 aliphatic carbocycles. The van der Waals surface area contributed by atoms with Crippen LogP contribution in [0.15, 0.2) is 40.3 Å². The molecule has 0 amide bonds. The quantitative estimate of drug-likeness (QED) is 0.497. The van der Waals surface area contributed by atoms with Crippen molar-refractivity contribution in [2.75, 3.05) is 26.2 Å². The molecular formula is C20H32N3+. The van der Waals surface area contributed by atoms with Gasteiger partial charge in [0.15, 0.2) is 0 Å². The summed E-state index contributed by atoms with van der Waals surface area (Å²) in [7, 11) is 0. The lowest BCUT2D eigenvalue weighted by Gasteiger charge is -2.36. The van der Waals surface area contributed by atoms with Gasteiger partial charge in [-0.2, -0.15) is 0 Å². The SMILES string of the molecule is CC[N+](CC)(CCN=C=NC1CCCCC1)Cc1ccccc1. The van der Waals surface area contributed by atoms with Crippen LogP contribution in [0, 0.1) is 0 Å². The van der Waals surface area contributed by atoms with E-state index in [2.05, 4.69) is 60.2 Å². The Kier molecular flexibility index (Phi) is 7.51. The van der Waals surface area contributed by atoms with Crippen LogP contribution in [0.1, 0.15) is 51.5 Å². The third-order valence-corrected chi connectivity index (χ3v) is 5.27. The van der Waals surface area contributed by atoms with Crippen LogP contribution in [0.25, 0.3) is 0 Å². The van der Waals surface area contributed by atoms with Gasteiger partial charge in [-0.15, -0.1) is 0 Å². The van der Waals surface area contributed by atoms with Crippen molar-refractivity contribution in [2.24, 2.45) is 9.98 Å². The first-order chi connectivity index (χ1) is 11.3. The molecule has 3 heteroatoms. The molecule has 1 aromatic carbocycles. The predicted octanol–water partition coefficient (Wildman–Crippen LogP) is 4.55. The molecule has 126 valence electrons. The number of likely N-dealkylation sites (N-methyl/N-ethyl adjacent to an activating group) is 1. The van der Waals surface area contributed by atoms with Gasteiger partial charge < -0.3 is 4.48 Å². The highest BCUT2D eigenvalue weighted by Gasteiger charge is 2.23. The minimum absolute atomic E-state index is 0.480. The molecule has 0 aromatic heterocycles. The van der Waals surface area contributed by atoms with Gasteiger partial charge >= 0.3 is 0 Å². The third kappa shape index (κ3) is 5.93. The summed E-state index contributed by atoms with van der Waals surface area (Å²) >= 11 is 0. The summed E-state index contributed by atoms with van der Waals surface area (Å²) in [6.07, 6.45) is 6.45. The van der Waals surface area contributed by atoms with E-state index < -0.39 is 0 Å². The van der Waals surface area contributed by atoms with E-state index in [4.69, 9.17) is 0 Å². The van der Waals surface area contributed by atoms with Crippen molar-refractivity contribution in [3.05, 3.63) is 35.9 Å². The van der Waals surface area contributed by atoms with E-state index in [1.807, 2.05) is 0 Å². The number of rotatable bonds is 8. The van der Waals surface area contributed by atoms with Crippen LogP contribution in [0.3, 0.4) is 0 Å². The first kappa shape index (κ1) is 17.9. The van der Waals surface area contributed by atoms with Gasteiger partial charge in [0.25, 0.3) is 0 Å². The van der Waals surface area contributed by atoms with E-state index in [1.165, 1.54) is 37.7 Å². The summed E-state index contributed by atoms with van der Waals surface area (Å²) in [4.78, 5) is 8.97. The van der Waals surface area contributed by atoms with E-state index in [9.17, 15) is 0 Å². The fourth-order valence-electron chi connectivity index (χ4n) is 3.46. The number of hydrogen-bond acceptors (Lipinski definition) is 2. The molecule has 1 aliphatic rings. The Hall–Kier alpha value is -1.44. The van der Waals surface area contributed by atoms with Gasteiger partial charge in [0.2, 0.25) is 0 Å². The molecule has 0 radical (unpaired) electrons. The van der Waals surface area contributed by atoms with Gasteiger partial charge in [-0.25, -0.2) is 9.98 Å². The van der Waals surface area contributed by atoms with E-state index in [0.717, 1.165) is 37.2 Å². The molecule has 0 atom stereocenters. The molecule has 2 rings (SSSR count). The molecule has 3 nitrogen and oxygen atoms in total. The Morgan fingerprint density at radius 1 is 1.04 bits per heavy atom. The maximum absolute atomic E-state index is 4.51. The van der Waals surface area contributed by atoms with Gasteiger partial charge in [-0.05, 0) is 26.7 Å². The Bertz CT molecular complexity index is 493. The van der Waals surface area contributed by atoms with Crippen LogP contribution in [-0.2, 0) is 6.54 Å². The molecule has 0 saturated heterocycles. The van der Waals surface area contributed by atoms with Gasteiger partial charge in [0.05, 0.1) is 38.2 Å². The highest BCUT2D eigenvalue weighted by molar-refractivity contribution is 5.41. The summed E-state index contributed by atoms with van der Waals surface area (Å²) in [5, 5.41) is 0. The first-order valence-corrected chi connectivity index (χ1v) is 9.28. The average molecular weight is 314 g/mol. The van der Waals surface area contributed by atoms with E-state index in [-0.39, 0.29) is 0 Å². The van der Waals surface area contributed by atoms with Crippen molar-refractivity contribution in [3.8, 4) is 0 Å². The zero-order chi connectivity index (χ0) is 16.4. The molecule has 0 aliphatic heterocycles. The van der Waals surface area contributed by atoms with Crippen LogP contribution in [-0.4, -0.2) is 42.7 Å². The molecular weight excluding hydrogens is 282 g/mol. The summed E-state index contributed by atoms with van der Waals surface area (Å²) in [5.74, 6) is 0. The first-order valence-electron chi connectivity index (χ1n) is 9.28. The lowest BCUT2D eigenvalue weighted by Crippen LogP contribution is -2.48. The van der Waals surface area contributed by atoms with Gasteiger partial charge in [-0.3, -0.25) is 0 Å². The Morgan fingerprint density at radius 2 is 1.74 bits per heavy atom. The fourth-order valence-corrected chi connectivity index (χ4v) is 3.46. The summed E-state index contributed by atoms with van der Waals surface area (Å²) < 4.78 is 1.08. The van der Waals surface area contributed by atoms with E-state index >= 15 is 0 Å². The molecule has 1 fully saturated rings. The number of hydrogen-bond donors (Lipinski definition) is 0. The van der Waals surface area contributed by atoms with E-state index in [1.54, 1.807) is 0 Å². The molecule has 1 saturated carbocycles. The van der Waals surface area contributed by atoms with Crippen molar-refractivity contribution in [2.45, 2.75) is 58.5 Å². The molecule has 23 heavy (non-hydrogen) atoms. The van der Waals surface area contributed by atoms with Crippen molar-refractivity contribution < 1.29 is 4.48 Å². The largest absolute Gasteiger partial charge is 0.319 e. The molecule has 0 spiro atoms. The topological polar surface area (TPSA) is 24.7 Å². The maximum Gasteiger partial charge on any atom is 0.104 e. The Labute approximate surface area is 141 Å². The molecule has 0 N–H and O–H groups in total. The monoisotopic (exact) mass is 314 g/mol. The van der Waals surface area contributed by atoms with Crippen LogP contribution in [0.2, 0.25) is 0 Å². The molecule has 0 bridgehead atoms. The minimum atomic E-state index is 0.480. The van der Waals surface area contributed by atoms with Crippen LogP contribution >= 0.6 is 0 Å². The van der Waals surface area contributed by atoms with Gasteiger partial charge in [0.1, 0.15) is 6.54 Å². The van der Waals surface area contributed by atoms with E-state index in [0.29, 0.717) is 6.04 Å². The second-order valence-electron chi connectivity index (χ2n) is 6.74. The summed E-state index contributed by atoms with van der Waals surface area (Å²) in [6.45, 7) is 9.82. The fraction of sp³-hybridized carbons (Fsp3) is 0.650. The van der Waals surface area contributed by atoms with Crippen molar-refractivity contribution in [3.63, 3.8) is 0 Å². The zero-order valence-corrected chi connectivity index (χ0v) is 14.9. The number of quaternary nitrogens is 1. The molecule has 0 unspecified atom stereocenters. The highest BCUT2D eigenvalue weighted by Crippen LogP contribution is 2.19. The molecule has 0 heterocycles. The van der Waals surface area contributed by atoms with Crippen molar-refractivity contribution in [1.82, 2.24) is 0 Å².